The maximum atomic E-state index is 13.3. The summed E-state index contributed by atoms with van der Waals surface area (Å²) in [5.74, 6) is 5.25. The van der Waals surface area contributed by atoms with E-state index in [1.54, 1.807) is 18.2 Å². The molecule has 2 nitrogen and oxygen atoms in total. The van der Waals surface area contributed by atoms with E-state index in [2.05, 4.69) is 5.43 Å². The van der Waals surface area contributed by atoms with Crippen LogP contribution in [0.5, 0.6) is 0 Å². The van der Waals surface area contributed by atoms with Gasteiger partial charge in [0.1, 0.15) is 5.82 Å². The standard InChI is InChI=1S/C15H14Cl3FN2/c16-13-5-4-10(19)6-9(13)7-11(21-20)8-12-14(17)2-1-3-15(12)18/h1-6,11,21H,7-8,20H2. The molecule has 3 N–H and O–H groups in total. The van der Waals surface area contributed by atoms with Crippen molar-refractivity contribution in [1.82, 2.24) is 5.43 Å². The van der Waals surface area contributed by atoms with Crippen LogP contribution in [0.1, 0.15) is 11.1 Å². The third-order valence-electron chi connectivity index (χ3n) is 3.22. The van der Waals surface area contributed by atoms with Crippen LogP contribution in [0.2, 0.25) is 15.1 Å². The molecule has 0 amide bonds. The molecule has 0 radical (unpaired) electrons. The summed E-state index contributed by atoms with van der Waals surface area (Å²) in [5, 5.41) is 1.66. The fourth-order valence-electron chi connectivity index (χ4n) is 2.13. The van der Waals surface area contributed by atoms with Crippen molar-refractivity contribution in [2.24, 2.45) is 5.84 Å². The monoisotopic (exact) mass is 346 g/mol. The number of benzene rings is 2. The average molecular weight is 348 g/mol. The Morgan fingerprint density at radius 1 is 1.00 bits per heavy atom. The van der Waals surface area contributed by atoms with E-state index < -0.39 is 0 Å². The normalized spacial score (nSPS) is 12.4. The largest absolute Gasteiger partial charge is 0.271 e. The van der Waals surface area contributed by atoms with Gasteiger partial charge in [-0.1, -0.05) is 40.9 Å². The van der Waals surface area contributed by atoms with Gasteiger partial charge in [-0.25, -0.2) is 4.39 Å². The third kappa shape index (κ3) is 4.31. The molecule has 2 aromatic rings. The van der Waals surface area contributed by atoms with Gasteiger partial charge in [0.15, 0.2) is 0 Å². The highest BCUT2D eigenvalue weighted by Gasteiger charge is 2.15. The third-order valence-corrected chi connectivity index (χ3v) is 4.30. The molecular weight excluding hydrogens is 334 g/mol. The van der Waals surface area contributed by atoms with Gasteiger partial charge in [0.05, 0.1) is 0 Å². The van der Waals surface area contributed by atoms with Crippen LogP contribution in [-0.4, -0.2) is 6.04 Å². The molecule has 0 fully saturated rings. The predicted molar refractivity (Wildman–Crippen MR) is 86.4 cm³/mol. The van der Waals surface area contributed by atoms with Crippen molar-refractivity contribution in [2.75, 3.05) is 0 Å². The van der Waals surface area contributed by atoms with Crippen molar-refractivity contribution in [3.8, 4) is 0 Å². The second-order valence-electron chi connectivity index (χ2n) is 4.71. The number of halogens is 4. The Morgan fingerprint density at radius 3 is 2.29 bits per heavy atom. The Bertz CT molecular complexity index is 614. The topological polar surface area (TPSA) is 38.0 Å². The average Bonchev–Trinajstić information content (AvgIpc) is 2.45. The lowest BCUT2D eigenvalue weighted by atomic mass is 9.99. The molecule has 1 unspecified atom stereocenters. The van der Waals surface area contributed by atoms with Gasteiger partial charge in [-0.2, -0.15) is 0 Å². The highest BCUT2D eigenvalue weighted by Crippen LogP contribution is 2.27. The molecule has 1 atom stereocenters. The molecule has 0 aliphatic rings. The highest BCUT2D eigenvalue weighted by atomic mass is 35.5. The predicted octanol–water partition coefficient (Wildman–Crippen LogP) is 4.40. The maximum absolute atomic E-state index is 13.3. The molecule has 0 saturated heterocycles. The first-order valence-corrected chi connectivity index (χ1v) is 7.47. The van der Waals surface area contributed by atoms with Crippen molar-refractivity contribution in [2.45, 2.75) is 18.9 Å². The Hall–Kier alpha value is -0.840. The Morgan fingerprint density at radius 2 is 1.67 bits per heavy atom. The van der Waals surface area contributed by atoms with Crippen molar-refractivity contribution < 1.29 is 4.39 Å². The van der Waals surface area contributed by atoms with Gasteiger partial charge in [0.2, 0.25) is 0 Å². The van der Waals surface area contributed by atoms with E-state index in [4.69, 9.17) is 40.6 Å². The first kappa shape index (κ1) is 16.5. The summed E-state index contributed by atoms with van der Waals surface area (Å²) in [5.41, 5.74) is 4.19. The molecule has 6 heteroatoms. The van der Waals surface area contributed by atoms with Crippen molar-refractivity contribution in [1.29, 1.82) is 0 Å². The minimum atomic E-state index is -0.332. The zero-order chi connectivity index (χ0) is 15.4. The summed E-state index contributed by atoms with van der Waals surface area (Å²) < 4.78 is 13.3. The first-order valence-electron chi connectivity index (χ1n) is 6.34. The number of hydrogen-bond acceptors (Lipinski definition) is 2. The fraction of sp³-hybridized carbons (Fsp3) is 0.200. The maximum Gasteiger partial charge on any atom is 0.123 e. The zero-order valence-electron chi connectivity index (χ0n) is 11.0. The molecular formula is C15H14Cl3FN2. The van der Waals surface area contributed by atoms with Crippen LogP contribution in [0.4, 0.5) is 4.39 Å². The number of rotatable bonds is 5. The van der Waals surface area contributed by atoms with E-state index in [0.717, 1.165) is 5.56 Å². The van der Waals surface area contributed by atoms with Crippen LogP contribution in [0.15, 0.2) is 36.4 Å². The number of hydrogen-bond donors (Lipinski definition) is 2. The smallest absolute Gasteiger partial charge is 0.123 e. The van der Waals surface area contributed by atoms with Crippen LogP contribution in [-0.2, 0) is 12.8 Å². The first-order chi connectivity index (χ1) is 10.0. The van der Waals surface area contributed by atoms with Gasteiger partial charge >= 0.3 is 0 Å². The molecule has 112 valence electrons. The molecule has 0 spiro atoms. The lowest BCUT2D eigenvalue weighted by Crippen LogP contribution is -2.38. The van der Waals surface area contributed by atoms with E-state index in [1.807, 2.05) is 0 Å². The van der Waals surface area contributed by atoms with Crippen molar-refractivity contribution >= 4 is 34.8 Å². The van der Waals surface area contributed by atoms with Crippen molar-refractivity contribution in [3.05, 3.63) is 68.4 Å². The molecule has 0 aliphatic heterocycles. The molecule has 21 heavy (non-hydrogen) atoms. The second-order valence-corrected chi connectivity index (χ2v) is 5.93. The van der Waals surface area contributed by atoms with E-state index in [9.17, 15) is 4.39 Å². The van der Waals surface area contributed by atoms with Crippen LogP contribution in [0, 0.1) is 5.82 Å². The van der Waals surface area contributed by atoms with Gasteiger partial charge in [-0.05, 0) is 54.3 Å². The van der Waals surface area contributed by atoms with E-state index >= 15 is 0 Å². The summed E-state index contributed by atoms with van der Waals surface area (Å²) in [6.07, 6.45) is 0.983. The molecule has 2 aromatic carbocycles. The number of hydrazine groups is 1. The summed E-state index contributed by atoms with van der Waals surface area (Å²) in [6.45, 7) is 0. The minimum Gasteiger partial charge on any atom is -0.271 e. The summed E-state index contributed by atoms with van der Waals surface area (Å²) in [7, 11) is 0. The van der Waals surface area contributed by atoms with Crippen LogP contribution in [0.25, 0.3) is 0 Å². The molecule has 0 heterocycles. The highest BCUT2D eigenvalue weighted by molar-refractivity contribution is 6.36. The molecule has 0 saturated carbocycles. The number of nitrogens with one attached hydrogen (secondary N) is 1. The van der Waals surface area contributed by atoms with Crippen LogP contribution in [0.3, 0.4) is 0 Å². The van der Waals surface area contributed by atoms with E-state index in [0.29, 0.717) is 33.5 Å². The van der Waals surface area contributed by atoms with Gasteiger partial charge in [0.25, 0.3) is 0 Å². The molecule has 0 aromatic heterocycles. The van der Waals surface area contributed by atoms with Gasteiger partial charge < -0.3 is 0 Å². The SMILES string of the molecule is NNC(Cc1cc(F)ccc1Cl)Cc1c(Cl)cccc1Cl. The minimum absolute atomic E-state index is 0.165. The lowest BCUT2D eigenvalue weighted by molar-refractivity contribution is 0.520. The molecule has 0 bridgehead atoms. The summed E-state index contributed by atoms with van der Waals surface area (Å²) in [4.78, 5) is 0. The number of nitrogens with two attached hydrogens (primary N) is 1. The van der Waals surface area contributed by atoms with Gasteiger partial charge in [0, 0.05) is 21.1 Å². The fourth-order valence-corrected chi connectivity index (χ4v) is 2.88. The van der Waals surface area contributed by atoms with Gasteiger partial charge in [-0.3, -0.25) is 11.3 Å². The van der Waals surface area contributed by atoms with Gasteiger partial charge in [-0.15, -0.1) is 0 Å². The van der Waals surface area contributed by atoms with Crippen LogP contribution >= 0.6 is 34.8 Å². The molecule has 2 rings (SSSR count). The Labute approximate surface area is 138 Å². The summed E-state index contributed by atoms with van der Waals surface area (Å²) >= 11 is 18.4. The Kier molecular flexibility index (Phi) is 5.85. The Balaban J connectivity index is 2.19. The summed E-state index contributed by atoms with van der Waals surface area (Å²) in [6, 6.07) is 9.41. The lowest BCUT2D eigenvalue weighted by Gasteiger charge is -2.18. The quantitative estimate of drug-likeness (QED) is 0.621. The van der Waals surface area contributed by atoms with Crippen molar-refractivity contribution in [3.63, 3.8) is 0 Å². The van der Waals surface area contributed by atoms with E-state index in [-0.39, 0.29) is 11.9 Å². The molecule has 0 aliphatic carbocycles. The van der Waals surface area contributed by atoms with E-state index in [1.165, 1.54) is 18.2 Å². The zero-order valence-corrected chi connectivity index (χ0v) is 13.3. The van der Waals surface area contributed by atoms with Crippen LogP contribution < -0.4 is 11.3 Å². The second kappa shape index (κ2) is 7.43.